The van der Waals surface area contributed by atoms with Gasteiger partial charge >= 0.3 is 0 Å². The minimum Gasteiger partial charge on any atom is -0.530 e. The van der Waals surface area contributed by atoms with Crippen LogP contribution in [0.3, 0.4) is 0 Å². The summed E-state index contributed by atoms with van der Waals surface area (Å²) in [6.07, 6.45) is -1.20. The van der Waals surface area contributed by atoms with Gasteiger partial charge in [-0.3, -0.25) is 0 Å². The van der Waals surface area contributed by atoms with Gasteiger partial charge in [0.1, 0.15) is 6.09 Å². The normalized spacial score (nSPS) is 9.93. The molecule has 0 saturated heterocycles. The third-order valence-corrected chi connectivity index (χ3v) is 2.22. The van der Waals surface area contributed by atoms with E-state index in [9.17, 15) is 9.90 Å². The van der Waals surface area contributed by atoms with Gasteiger partial charge < -0.3 is 14.8 Å². The number of nitrogens with zero attached hydrogens (tertiary/aromatic N) is 1. The maximum Gasteiger partial charge on any atom is 0.141 e. The second-order valence-corrected chi connectivity index (χ2v) is 3.38. The first-order chi connectivity index (χ1) is 6.56. The second-order valence-electron chi connectivity index (χ2n) is 2.94. The fourth-order valence-corrected chi connectivity index (χ4v) is 1.55. The summed E-state index contributed by atoms with van der Waals surface area (Å²) < 4.78 is 0. The smallest absolute Gasteiger partial charge is 0.141 e. The van der Waals surface area contributed by atoms with Crippen molar-refractivity contribution in [1.29, 1.82) is 0 Å². The second kappa shape index (κ2) is 4.33. The van der Waals surface area contributed by atoms with Crippen LogP contribution in [0, 0.1) is 6.92 Å². The van der Waals surface area contributed by atoms with E-state index in [0.717, 1.165) is 5.56 Å². The van der Waals surface area contributed by atoms with E-state index in [1.54, 1.807) is 25.1 Å². The molecule has 0 aromatic heterocycles. The van der Waals surface area contributed by atoms with Gasteiger partial charge in [-0.05, 0) is 37.6 Å². The zero-order valence-corrected chi connectivity index (χ0v) is 8.84. The van der Waals surface area contributed by atoms with Crippen LogP contribution in [0.1, 0.15) is 12.5 Å². The molecule has 14 heavy (non-hydrogen) atoms. The lowest BCUT2D eigenvalue weighted by molar-refractivity contribution is -0.246. The van der Waals surface area contributed by atoms with Gasteiger partial charge in [0.15, 0.2) is 0 Å². The molecule has 0 fully saturated rings. The summed E-state index contributed by atoms with van der Waals surface area (Å²) >= 11 is 5.76. The Bertz CT molecular complexity index is 352. The van der Waals surface area contributed by atoms with Crippen molar-refractivity contribution in [1.82, 2.24) is 0 Å². The van der Waals surface area contributed by atoms with Gasteiger partial charge in [-0.15, -0.1) is 0 Å². The van der Waals surface area contributed by atoms with Gasteiger partial charge in [0.25, 0.3) is 0 Å². The number of carbonyl (C=O) groups excluding carboxylic acids is 1. The Morgan fingerprint density at radius 2 is 2.21 bits per heavy atom. The van der Waals surface area contributed by atoms with Crippen molar-refractivity contribution in [2.75, 3.05) is 11.4 Å². The van der Waals surface area contributed by atoms with Crippen LogP contribution in [0.2, 0.25) is 5.02 Å². The van der Waals surface area contributed by atoms with Crippen LogP contribution < -0.4 is 10.0 Å². The van der Waals surface area contributed by atoms with E-state index in [2.05, 4.69) is 0 Å². The fraction of sp³-hybridized carbons (Fsp3) is 0.300. The quantitative estimate of drug-likeness (QED) is 0.751. The van der Waals surface area contributed by atoms with Crippen molar-refractivity contribution in [3.05, 3.63) is 28.8 Å². The highest BCUT2D eigenvalue weighted by Gasteiger charge is 2.07. The number of carbonyl (C=O) groups is 1. The topological polar surface area (TPSA) is 43.4 Å². The van der Waals surface area contributed by atoms with E-state index in [1.807, 2.05) is 6.92 Å². The predicted octanol–water partition coefficient (Wildman–Crippen LogP) is 1.82. The Morgan fingerprint density at radius 3 is 2.64 bits per heavy atom. The molecule has 0 unspecified atom stereocenters. The van der Waals surface area contributed by atoms with Crippen molar-refractivity contribution < 1.29 is 9.90 Å². The molecule has 0 aliphatic rings. The highest BCUT2D eigenvalue weighted by molar-refractivity contribution is 6.30. The molecule has 1 aromatic rings. The van der Waals surface area contributed by atoms with Gasteiger partial charge in [-0.2, -0.15) is 0 Å². The highest BCUT2D eigenvalue weighted by Crippen LogP contribution is 2.23. The minimum absolute atomic E-state index is 0.366. The summed E-state index contributed by atoms with van der Waals surface area (Å²) in [5.74, 6) is 0. The summed E-state index contributed by atoms with van der Waals surface area (Å²) in [5, 5.41) is 11.3. The lowest BCUT2D eigenvalue weighted by atomic mass is 10.2. The molecule has 0 spiro atoms. The average Bonchev–Trinajstić information content (AvgIpc) is 2.09. The number of amides is 1. The first-order valence-corrected chi connectivity index (χ1v) is 4.68. The van der Waals surface area contributed by atoms with E-state index in [1.165, 1.54) is 4.90 Å². The number of aryl methyl sites for hydroxylation is 1. The molecular formula is C10H11ClNO2-. The number of hydrogen-bond donors (Lipinski definition) is 0. The molecule has 0 N–H and O–H groups in total. The Balaban J connectivity index is 3.10. The average molecular weight is 213 g/mol. The monoisotopic (exact) mass is 212 g/mol. The molecule has 3 nitrogen and oxygen atoms in total. The molecule has 76 valence electrons. The maximum absolute atomic E-state index is 10.7. The summed E-state index contributed by atoms with van der Waals surface area (Å²) in [7, 11) is 0. The van der Waals surface area contributed by atoms with E-state index < -0.39 is 6.09 Å². The van der Waals surface area contributed by atoms with Crippen LogP contribution in [-0.4, -0.2) is 12.6 Å². The maximum atomic E-state index is 10.7. The van der Waals surface area contributed by atoms with Crippen molar-refractivity contribution in [2.24, 2.45) is 0 Å². The molecule has 0 bridgehead atoms. The molecule has 0 saturated carbocycles. The third kappa shape index (κ3) is 2.17. The zero-order chi connectivity index (χ0) is 10.7. The number of carboxylic acid groups (broad SMARTS) is 1. The number of halogens is 1. The van der Waals surface area contributed by atoms with Crippen molar-refractivity contribution >= 4 is 23.4 Å². The minimum atomic E-state index is -1.20. The lowest BCUT2D eigenvalue weighted by Gasteiger charge is -2.25. The van der Waals surface area contributed by atoms with E-state index >= 15 is 0 Å². The summed E-state index contributed by atoms with van der Waals surface area (Å²) in [6, 6.07) is 5.06. The fourth-order valence-electron chi connectivity index (χ4n) is 1.32. The molecular weight excluding hydrogens is 202 g/mol. The Morgan fingerprint density at radius 1 is 1.57 bits per heavy atom. The van der Waals surface area contributed by atoms with Crippen LogP contribution in [-0.2, 0) is 0 Å². The van der Waals surface area contributed by atoms with Crippen molar-refractivity contribution in [3.8, 4) is 0 Å². The summed E-state index contributed by atoms with van der Waals surface area (Å²) in [6.45, 7) is 3.93. The van der Waals surface area contributed by atoms with Gasteiger partial charge in [-0.25, -0.2) is 0 Å². The molecule has 0 radical (unpaired) electrons. The standard InChI is InChI=1S/C10H12ClNO2/c1-3-12(10(13)14)9-5-4-8(11)6-7(9)2/h4-6H,3H2,1-2H3,(H,13,14)/p-1. The third-order valence-electron chi connectivity index (χ3n) is 1.99. The molecule has 0 atom stereocenters. The van der Waals surface area contributed by atoms with Gasteiger partial charge in [0.05, 0.1) is 0 Å². The first kappa shape index (κ1) is 10.9. The number of hydrogen-bond acceptors (Lipinski definition) is 2. The lowest BCUT2D eigenvalue weighted by Crippen LogP contribution is -2.41. The van der Waals surface area contributed by atoms with E-state index in [-0.39, 0.29) is 0 Å². The van der Waals surface area contributed by atoms with Crippen LogP contribution >= 0.6 is 11.6 Å². The zero-order valence-electron chi connectivity index (χ0n) is 8.08. The molecule has 4 heteroatoms. The van der Waals surface area contributed by atoms with Crippen LogP contribution in [0.4, 0.5) is 10.5 Å². The SMILES string of the molecule is CCN(C(=O)[O-])c1ccc(Cl)cc1C. The van der Waals surface area contributed by atoms with Crippen molar-refractivity contribution in [2.45, 2.75) is 13.8 Å². The summed E-state index contributed by atoms with van der Waals surface area (Å²) in [4.78, 5) is 11.9. The van der Waals surface area contributed by atoms with Crippen LogP contribution in [0.5, 0.6) is 0 Å². The molecule has 0 aliphatic carbocycles. The predicted molar refractivity (Wildman–Crippen MR) is 54.6 cm³/mol. The number of rotatable bonds is 2. The van der Waals surface area contributed by atoms with Gasteiger partial charge in [0.2, 0.25) is 0 Å². The van der Waals surface area contributed by atoms with E-state index in [4.69, 9.17) is 11.6 Å². The Labute approximate surface area is 87.9 Å². The van der Waals surface area contributed by atoms with Crippen LogP contribution in [0.25, 0.3) is 0 Å². The summed E-state index contributed by atoms with van der Waals surface area (Å²) in [5.41, 5.74) is 1.44. The molecule has 1 aromatic carbocycles. The van der Waals surface area contributed by atoms with Crippen molar-refractivity contribution in [3.63, 3.8) is 0 Å². The van der Waals surface area contributed by atoms with Gasteiger partial charge in [0, 0.05) is 17.3 Å². The first-order valence-electron chi connectivity index (χ1n) is 4.31. The van der Waals surface area contributed by atoms with Gasteiger partial charge in [-0.1, -0.05) is 11.6 Å². The van der Waals surface area contributed by atoms with E-state index in [0.29, 0.717) is 17.3 Å². The number of anilines is 1. The highest BCUT2D eigenvalue weighted by atomic mass is 35.5. The molecule has 0 aliphatic heterocycles. The molecule has 0 heterocycles. The Kier molecular flexibility index (Phi) is 3.36. The number of benzene rings is 1. The Hall–Kier alpha value is -1.22. The largest absolute Gasteiger partial charge is 0.530 e. The molecule has 1 rings (SSSR count). The van der Waals surface area contributed by atoms with Crippen LogP contribution in [0.15, 0.2) is 18.2 Å². The molecule has 1 amide bonds.